The zero-order valence-corrected chi connectivity index (χ0v) is 14.4. The van der Waals surface area contributed by atoms with Crippen LogP contribution < -0.4 is 5.32 Å². The Kier molecular flexibility index (Phi) is 6.04. The molecule has 0 unspecified atom stereocenters. The van der Waals surface area contributed by atoms with Crippen molar-refractivity contribution < 1.29 is 17.6 Å². The van der Waals surface area contributed by atoms with Gasteiger partial charge in [0.25, 0.3) is 5.91 Å². The second-order valence-corrected chi connectivity index (χ2v) is 7.01. The van der Waals surface area contributed by atoms with E-state index in [1.165, 1.54) is 28.6 Å². The molecular formula is C15H20N4O4S. The largest absolute Gasteiger partial charge is 0.411 e. The highest BCUT2D eigenvalue weighted by Crippen LogP contribution is 2.17. The van der Waals surface area contributed by atoms with Gasteiger partial charge in [-0.2, -0.15) is 4.31 Å². The molecule has 1 aromatic heterocycles. The summed E-state index contributed by atoms with van der Waals surface area (Å²) >= 11 is 0. The Morgan fingerprint density at radius 3 is 2.50 bits per heavy atom. The predicted octanol–water partition coefficient (Wildman–Crippen LogP) is 2.13. The number of rotatable bonds is 8. The van der Waals surface area contributed by atoms with Crippen LogP contribution >= 0.6 is 0 Å². The molecule has 0 radical (unpaired) electrons. The second-order valence-electron chi connectivity index (χ2n) is 5.07. The number of unbranched alkanes of at least 4 members (excludes halogenated alkanes) is 1. The molecule has 0 aliphatic heterocycles. The third-order valence-electron chi connectivity index (χ3n) is 3.45. The number of hydrogen-bond acceptors (Lipinski definition) is 6. The highest BCUT2D eigenvalue weighted by atomic mass is 32.2. The molecule has 1 N–H and O–H groups in total. The van der Waals surface area contributed by atoms with Crippen LogP contribution in [0.5, 0.6) is 0 Å². The van der Waals surface area contributed by atoms with E-state index in [1.54, 1.807) is 6.92 Å². The molecule has 130 valence electrons. The van der Waals surface area contributed by atoms with Crippen LogP contribution in [0, 0.1) is 0 Å². The van der Waals surface area contributed by atoms with E-state index < -0.39 is 15.9 Å². The molecule has 0 aliphatic carbocycles. The van der Waals surface area contributed by atoms with Crippen molar-refractivity contribution in [3.05, 3.63) is 36.2 Å². The molecule has 24 heavy (non-hydrogen) atoms. The predicted molar refractivity (Wildman–Crippen MR) is 88.0 cm³/mol. The summed E-state index contributed by atoms with van der Waals surface area (Å²) in [5.74, 6) is -0.457. The summed E-state index contributed by atoms with van der Waals surface area (Å²) in [6, 6.07) is 5.73. The van der Waals surface area contributed by atoms with Gasteiger partial charge in [0.15, 0.2) is 0 Å². The average Bonchev–Trinajstić information content (AvgIpc) is 3.08. The summed E-state index contributed by atoms with van der Waals surface area (Å²) in [5, 5.41) is 9.42. The van der Waals surface area contributed by atoms with Crippen molar-refractivity contribution in [3.63, 3.8) is 0 Å². The zero-order chi connectivity index (χ0) is 17.6. The molecule has 0 saturated carbocycles. The number of hydrogen-bond donors (Lipinski definition) is 1. The first-order valence-electron chi connectivity index (χ1n) is 7.66. The molecule has 2 aromatic rings. The van der Waals surface area contributed by atoms with Gasteiger partial charge in [-0.15, -0.1) is 5.10 Å². The summed E-state index contributed by atoms with van der Waals surface area (Å²) in [6.07, 6.45) is 2.82. The zero-order valence-electron chi connectivity index (χ0n) is 13.6. The fourth-order valence-corrected chi connectivity index (χ4v) is 3.59. The number of benzene rings is 1. The van der Waals surface area contributed by atoms with Gasteiger partial charge in [0, 0.05) is 18.7 Å². The number of nitrogens with zero attached hydrogens (tertiary/aromatic N) is 3. The highest BCUT2D eigenvalue weighted by Gasteiger charge is 2.22. The maximum Gasteiger partial charge on any atom is 0.322 e. The van der Waals surface area contributed by atoms with Gasteiger partial charge < -0.3 is 4.42 Å². The van der Waals surface area contributed by atoms with E-state index in [4.69, 9.17) is 4.42 Å². The Hall–Kier alpha value is -2.26. The Labute approximate surface area is 140 Å². The molecule has 0 spiro atoms. The van der Waals surface area contributed by atoms with Crippen molar-refractivity contribution in [2.45, 2.75) is 31.6 Å². The van der Waals surface area contributed by atoms with Crippen LogP contribution in [0.1, 0.15) is 37.0 Å². The van der Waals surface area contributed by atoms with Crippen molar-refractivity contribution in [1.29, 1.82) is 0 Å². The minimum absolute atomic E-state index is 0.0200. The minimum Gasteiger partial charge on any atom is -0.411 e. The van der Waals surface area contributed by atoms with E-state index in [2.05, 4.69) is 15.5 Å². The summed E-state index contributed by atoms with van der Waals surface area (Å²) in [7, 11) is -3.56. The number of aromatic nitrogens is 2. The van der Waals surface area contributed by atoms with Crippen molar-refractivity contribution >= 4 is 21.9 Å². The van der Waals surface area contributed by atoms with Gasteiger partial charge in [-0.1, -0.05) is 25.4 Å². The van der Waals surface area contributed by atoms with Gasteiger partial charge in [0.1, 0.15) is 0 Å². The van der Waals surface area contributed by atoms with Gasteiger partial charge in [0.2, 0.25) is 16.4 Å². The maximum atomic E-state index is 12.6. The lowest BCUT2D eigenvalue weighted by atomic mass is 10.2. The lowest BCUT2D eigenvalue weighted by Crippen LogP contribution is -2.31. The van der Waals surface area contributed by atoms with E-state index in [0.29, 0.717) is 18.7 Å². The first kappa shape index (κ1) is 18.1. The van der Waals surface area contributed by atoms with E-state index in [9.17, 15) is 13.2 Å². The molecule has 0 bridgehead atoms. The van der Waals surface area contributed by atoms with Gasteiger partial charge in [-0.3, -0.25) is 10.1 Å². The van der Waals surface area contributed by atoms with Crippen LogP contribution in [-0.4, -0.2) is 41.9 Å². The van der Waals surface area contributed by atoms with E-state index in [0.717, 1.165) is 19.2 Å². The SMILES string of the molecule is CCCCN(CC)S(=O)(=O)c1ccc(C(=O)Nc2nnco2)cc1. The van der Waals surface area contributed by atoms with Crippen LogP contribution in [0.25, 0.3) is 0 Å². The fourth-order valence-electron chi connectivity index (χ4n) is 2.11. The number of carbonyl (C=O) groups is 1. The van der Waals surface area contributed by atoms with Crippen molar-refractivity contribution in [1.82, 2.24) is 14.5 Å². The van der Waals surface area contributed by atoms with E-state index in [-0.39, 0.29) is 10.9 Å². The molecular weight excluding hydrogens is 332 g/mol. The molecule has 1 amide bonds. The summed E-state index contributed by atoms with van der Waals surface area (Å²) in [6.45, 7) is 4.70. The molecule has 0 fully saturated rings. The first-order chi connectivity index (χ1) is 11.5. The van der Waals surface area contributed by atoms with Crippen LogP contribution in [0.4, 0.5) is 6.01 Å². The minimum atomic E-state index is -3.56. The highest BCUT2D eigenvalue weighted by molar-refractivity contribution is 7.89. The Morgan fingerprint density at radius 1 is 1.25 bits per heavy atom. The van der Waals surface area contributed by atoms with Crippen molar-refractivity contribution in [2.75, 3.05) is 18.4 Å². The van der Waals surface area contributed by atoms with Gasteiger partial charge in [-0.05, 0) is 30.7 Å². The quantitative estimate of drug-likeness (QED) is 0.780. The van der Waals surface area contributed by atoms with E-state index >= 15 is 0 Å². The molecule has 0 saturated heterocycles. The Bertz CT molecular complexity index is 757. The number of sulfonamides is 1. The lowest BCUT2D eigenvalue weighted by Gasteiger charge is -2.20. The summed E-state index contributed by atoms with van der Waals surface area (Å²) < 4.78 is 31.5. The van der Waals surface area contributed by atoms with Crippen LogP contribution in [0.15, 0.2) is 40.0 Å². The maximum absolute atomic E-state index is 12.6. The average molecular weight is 352 g/mol. The first-order valence-corrected chi connectivity index (χ1v) is 9.10. The number of carbonyl (C=O) groups excluding carboxylic acids is 1. The monoisotopic (exact) mass is 352 g/mol. The second kappa shape index (κ2) is 8.02. The molecule has 1 aromatic carbocycles. The normalized spacial score (nSPS) is 11.6. The Morgan fingerprint density at radius 2 is 1.96 bits per heavy atom. The van der Waals surface area contributed by atoms with Crippen LogP contribution in [0.3, 0.4) is 0 Å². The molecule has 1 heterocycles. The number of amides is 1. The molecule has 2 rings (SSSR count). The van der Waals surface area contributed by atoms with E-state index in [1.807, 2.05) is 6.92 Å². The Balaban J connectivity index is 2.14. The van der Waals surface area contributed by atoms with Crippen LogP contribution in [-0.2, 0) is 10.0 Å². The number of nitrogens with one attached hydrogen (secondary N) is 1. The van der Waals surface area contributed by atoms with Gasteiger partial charge >= 0.3 is 6.01 Å². The lowest BCUT2D eigenvalue weighted by molar-refractivity contribution is 0.102. The van der Waals surface area contributed by atoms with Gasteiger partial charge in [-0.25, -0.2) is 8.42 Å². The van der Waals surface area contributed by atoms with Gasteiger partial charge in [0.05, 0.1) is 4.90 Å². The topological polar surface area (TPSA) is 105 Å². The summed E-state index contributed by atoms with van der Waals surface area (Å²) in [4.78, 5) is 12.2. The smallest absolute Gasteiger partial charge is 0.322 e. The van der Waals surface area contributed by atoms with Crippen molar-refractivity contribution in [2.24, 2.45) is 0 Å². The molecule has 8 nitrogen and oxygen atoms in total. The summed E-state index contributed by atoms with van der Waals surface area (Å²) in [5.41, 5.74) is 0.295. The standard InChI is InChI=1S/C15H20N4O4S/c1-3-5-10-19(4-2)24(21,22)13-8-6-12(7-9-13)14(20)17-15-18-16-11-23-15/h6-9,11H,3-5,10H2,1-2H3,(H,17,18,20). The van der Waals surface area contributed by atoms with Crippen molar-refractivity contribution in [3.8, 4) is 0 Å². The third-order valence-corrected chi connectivity index (χ3v) is 5.44. The molecule has 0 atom stereocenters. The molecule has 0 aliphatic rings. The third kappa shape index (κ3) is 4.18. The number of anilines is 1. The van der Waals surface area contributed by atoms with Crippen LogP contribution in [0.2, 0.25) is 0 Å². The molecule has 9 heteroatoms. The fraction of sp³-hybridized carbons (Fsp3) is 0.400.